The van der Waals surface area contributed by atoms with E-state index in [1.54, 1.807) is 0 Å². The molecule has 1 N–H and O–H groups in total. The van der Waals surface area contributed by atoms with Gasteiger partial charge in [0.2, 0.25) is 0 Å². The highest BCUT2D eigenvalue weighted by Crippen LogP contribution is 2.20. The van der Waals surface area contributed by atoms with Gasteiger partial charge in [-0.3, -0.25) is 0 Å². The van der Waals surface area contributed by atoms with Gasteiger partial charge in [-0.1, -0.05) is 19.8 Å². The molecule has 5 heteroatoms. The molecule has 0 bridgehead atoms. The van der Waals surface area contributed by atoms with Crippen LogP contribution in [0.4, 0.5) is 10.5 Å². The molecule has 2 rings (SSSR count). The summed E-state index contributed by atoms with van der Waals surface area (Å²) in [5.74, 6) is 0.904. The maximum atomic E-state index is 12.1. The van der Waals surface area contributed by atoms with Gasteiger partial charge in [0.05, 0.1) is 6.61 Å². The number of amides is 2. The quantitative estimate of drug-likeness (QED) is 0.786. The number of urea groups is 1. The first-order chi connectivity index (χ1) is 11.2. The van der Waals surface area contributed by atoms with Crippen molar-refractivity contribution < 1.29 is 9.53 Å². The maximum Gasteiger partial charge on any atom is 0.317 e. The van der Waals surface area contributed by atoms with E-state index in [4.69, 9.17) is 4.74 Å². The number of piperazine rings is 1. The Hall–Kier alpha value is -1.91. The van der Waals surface area contributed by atoms with Crippen LogP contribution in [0.5, 0.6) is 5.75 Å². The summed E-state index contributed by atoms with van der Waals surface area (Å²) in [6.45, 7) is 8.91. The Morgan fingerprint density at radius 1 is 1.09 bits per heavy atom. The van der Waals surface area contributed by atoms with E-state index < -0.39 is 0 Å². The number of ether oxygens (including phenoxy) is 1. The third kappa shape index (κ3) is 5.34. The zero-order valence-electron chi connectivity index (χ0n) is 14.4. The van der Waals surface area contributed by atoms with Gasteiger partial charge in [-0.25, -0.2) is 4.79 Å². The minimum absolute atomic E-state index is 0.0763. The second-order valence-electron chi connectivity index (χ2n) is 5.84. The molecule has 5 nitrogen and oxygen atoms in total. The summed E-state index contributed by atoms with van der Waals surface area (Å²) in [7, 11) is 0. The molecule has 2 amide bonds. The van der Waals surface area contributed by atoms with Crippen molar-refractivity contribution in [2.45, 2.75) is 33.1 Å². The van der Waals surface area contributed by atoms with Crippen LogP contribution in [0.2, 0.25) is 0 Å². The van der Waals surface area contributed by atoms with Gasteiger partial charge in [0.15, 0.2) is 0 Å². The second-order valence-corrected chi connectivity index (χ2v) is 5.84. The molecule has 0 radical (unpaired) electrons. The lowest BCUT2D eigenvalue weighted by Gasteiger charge is -2.36. The summed E-state index contributed by atoms with van der Waals surface area (Å²) in [6.07, 6.45) is 3.41. The topological polar surface area (TPSA) is 44.8 Å². The van der Waals surface area contributed by atoms with Gasteiger partial charge in [0.1, 0.15) is 5.75 Å². The molecule has 23 heavy (non-hydrogen) atoms. The van der Waals surface area contributed by atoms with Crippen LogP contribution in [-0.4, -0.2) is 50.3 Å². The lowest BCUT2D eigenvalue weighted by Crippen LogP contribution is -2.52. The van der Waals surface area contributed by atoms with Crippen LogP contribution in [0.3, 0.4) is 0 Å². The molecule has 1 aliphatic rings. The summed E-state index contributed by atoms with van der Waals surface area (Å²) in [4.78, 5) is 16.3. The van der Waals surface area contributed by atoms with E-state index in [1.807, 2.05) is 24.0 Å². The first-order valence-electron chi connectivity index (χ1n) is 8.75. The number of anilines is 1. The average Bonchev–Trinajstić information content (AvgIpc) is 2.60. The predicted molar refractivity (Wildman–Crippen MR) is 94.3 cm³/mol. The Balaban J connectivity index is 1.75. The lowest BCUT2D eigenvalue weighted by atomic mass is 10.2. The summed E-state index contributed by atoms with van der Waals surface area (Å²) < 4.78 is 5.47. The first kappa shape index (κ1) is 17.4. The normalized spacial score (nSPS) is 14.7. The van der Waals surface area contributed by atoms with Crippen LogP contribution in [0.1, 0.15) is 33.1 Å². The fourth-order valence-electron chi connectivity index (χ4n) is 2.77. The van der Waals surface area contributed by atoms with Crippen molar-refractivity contribution in [1.29, 1.82) is 0 Å². The second kappa shape index (κ2) is 9.28. The number of unbranched alkanes of at least 4 members (excludes halogenated alkanes) is 2. The Kier molecular flexibility index (Phi) is 7.04. The zero-order valence-corrected chi connectivity index (χ0v) is 14.4. The molecule has 0 atom stereocenters. The number of rotatable bonds is 7. The molecular weight excluding hydrogens is 290 g/mol. The van der Waals surface area contributed by atoms with Crippen molar-refractivity contribution in [3.8, 4) is 5.75 Å². The Bertz CT molecular complexity index is 468. The fraction of sp³-hybridized carbons (Fsp3) is 0.611. The molecule has 0 aromatic heterocycles. The van der Waals surface area contributed by atoms with Gasteiger partial charge < -0.3 is 19.9 Å². The van der Waals surface area contributed by atoms with Gasteiger partial charge >= 0.3 is 6.03 Å². The van der Waals surface area contributed by atoms with Crippen molar-refractivity contribution in [1.82, 2.24) is 10.2 Å². The van der Waals surface area contributed by atoms with E-state index >= 15 is 0 Å². The monoisotopic (exact) mass is 319 g/mol. The Morgan fingerprint density at radius 2 is 1.78 bits per heavy atom. The van der Waals surface area contributed by atoms with Gasteiger partial charge in [0, 0.05) is 38.4 Å². The zero-order chi connectivity index (χ0) is 16.5. The smallest absolute Gasteiger partial charge is 0.317 e. The number of hydrogen-bond acceptors (Lipinski definition) is 3. The number of carbonyl (C=O) groups excluding carboxylic acids is 1. The van der Waals surface area contributed by atoms with Crippen LogP contribution < -0.4 is 15.0 Å². The molecule has 1 aliphatic heterocycles. The molecule has 1 fully saturated rings. The summed E-state index contributed by atoms with van der Waals surface area (Å²) in [5, 5.41) is 3.02. The summed E-state index contributed by atoms with van der Waals surface area (Å²) >= 11 is 0. The highest BCUT2D eigenvalue weighted by molar-refractivity contribution is 5.74. The largest absolute Gasteiger partial charge is 0.494 e. The third-order valence-electron chi connectivity index (χ3n) is 4.14. The van der Waals surface area contributed by atoms with Crippen LogP contribution in [0, 0.1) is 0 Å². The van der Waals surface area contributed by atoms with E-state index in [0.717, 1.165) is 44.9 Å². The Morgan fingerprint density at radius 3 is 2.39 bits per heavy atom. The van der Waals surface area contributed by atoms with Gasteiger partial charge in [-0.2, -0.15) is 0 Å². The first-order valence-corrected chi connectivity index (χ1v) is 8.75. The molecule has 1 saturated heterocycles. The van der Waals surface area contributed by atoms with Crippen molar-refractivity contribution in [2.24, 2.45) is 0 Å². The minimum Gasteiger partial charge on any atom is -0.494 e. The molecule has 128 valence electrons. The predicted octanol–water partition coefficient (Wildman–Crippen LogP) is 3.11. The average molecular weight is 319 g/mol. The van der Waals surface area contributed by atoms with Crippen LogP contribution in [0.15, 0.2) is 24.3 Å². The molecule has 0 saturated carbocycles. The van der Waals surface area contributed by atoms with Crippen LogP contribution in [-0.2, 0) is 0 Å². The maximum absolute atomic E-state index is 12.1. The van der Waals surface area contributed by atoms with E-state index in [2.05, 4.69) is 29.3 Å². The van der Waals surface area contributed by atoms with Crippen molar-refractivity contribution in [3.63, 3.8) is 0 Å². The van der Waals surface area contributed by atoms with E-state index in [0.29, 0.717) is 6.61 Å². The molecule has 0 aliphatic carbocycles. The molecule has 1 aromatic rings. The SMILES string of the molecule is CCCCCNC(=O)N1CCN(c2ccc(OCC)cc2)CC1. The molecule has 0 unspecified atom stereocenters. The van der Waals surface area contributed by atoms with Crippen molar-refractivity contribution in [2.75, 3.05) is 44.2 Å². The molecular formula is C18H29N3O2. The minimum atomic E-state index is 0.0763. The standard InChI is InChI=1S/C18H29N3O2/c1-3-5-6-11-19-18(22)21-14-12-20(13-15-21)16-7-9-17(10-8-16)23-4-2/h7-10H,3-6,11-15H2,1-2H3,(H,19,22). The number of nitrogens with one attached hydrogen (secondary N) is 1. The van der Waals surface area contributed by atoms with Gasteiger partial charge in [-0.05, 0) is 37.6 Å². The molecule has 0 spiro atoms. The molecule has 1 aromatic carbocycles. The lowest BCUT2D eigenvalue weighted by molar-refractivity contribution is 0.194. The van der Waals surface area contributed by atoms with Crippen LogP contribution >= 0.6 is 0 Å². The van der Waals surface area contributed by atoms with E-state index in [-0.39, 0.29) is 6.03 Å². The molecule has 1 heterocycles. The number of benzene rings is 1. The fourth-order valence-corrected chi connectivity index (χ4v) is 2.77. The van der Waals surface area contributed by atoms with E-state index in [9.17, 15) is 4.79 Å². The van der Waals surface area contributed by atoms with Crippen LogP contribution in [0.25, 0.3) is 0 Å². The number of carbonyl (C=O) groups is 1. The number of hydrogen-bond donors (Lipinski definition) is 1. The van der Waals surface area contributed by atoms with Gasteiger partial charge in [-0.15, -0.1) is 0 Å². The summed E-state index contributed by atoms with van der Waals surface area (Å²) in [6, 6.07) is 8.27. The number of nitrogens with zero attached hydrogens (tertiary/aromatic N) is 2. The highest BCUT2D eigenvalue weighted by atomic mass is 16.5. The van der Waals surface area contributed by atoms with E-state index in [1.165, 1.54) is 18.5 Å². The Labute approximate surface area is 139 Å². The van der Waals surface area contributed by atoms with Gasteiger partial charge in [0.25, 0.3) is 0 Å². The third-order valence-corrected chi connectivity index (χ3v) is 4.14. The summed E-state index contributed by atoms with van der Waals surface area (Å²) in [5.41, 5.74) is 1.19. The van der Waals surface area contributed by atoms with Crippen molar-refractivity contribution in [3.05, 3.63) is 24.3 Å². The van der Waals surface area contributed by atoms with Crippen molar-refractivity contribution >= 4 is 11.7 Å². The highest BCUT2D eigenvalue weighted by Gasteiger charge is 2.20.